The molecule has 1 amide bonds. The minimum Gasteiger partial charge on any atom is -0.354 e. The van der Waals surface area contributed by atoms with E-state index in [9.17, 15) is 18.0 Å². The molecule has 0 fully saturated rings. The van der Waals surface area contributed by atoms with Crippen molar-refractivity contribution < 1.29 is 18.0 Å². The average Bonchev–Trinajstić information content (AvgIpc) is 2.59. The number of pyridine rings is 1. The molecule has 0 aliphatic heterocycles. The van der Waals surface area contributed by atoms with Crippen molar-refractivity contribution in [2.24, 2.45) is 0 Å². The molecule has 4 nitrogen and oxygen atoms in total. The van der Waals surface area contributed by atoms with Gasteiger partial charge < -0.3 is 10.2 Å². The number of hydrogen-bond acceptors (Lipinski definition) is 3. The van der Waals surface area contributed by atoms with E-state index in [2.05, 4.69) is 17.2 Å². The van der Waals surface area contributed by atoms with Crippen LogP contribution >= 0.6 is 0 Å². The molecular formula is C18H20F3N3O. The average molecular weight is 351 g/mol. The number of hydrogen-bond donors (Lipinski definition) is 1. The van der Waals surface area contributed by atoms with Gasteiger partial charge in [0.05, 0.1) is 23.0 Å². The number of unbranched alkanes of at least 4 members (excludes halogenated alkanes) is 1. The first-order valence-corrected chi connectivity index (χ1v) is 7.96. The third kappa shape index (κ3) is 5.20. The van der Waals surface area contributed by atoms with Gasteiger partial charge in [0, 0.05) is 25.5 Å². The van der Waals surface area contributed by atoms with Crippen molar-refractivity contribution in [2.75, 3.05) is 18.9 Å². The van der Waals surface area contributed by atoms with Crippen LogP contribution in [0.1, 0.15) is 35.7 Å². The van der Waals surface area contributed by atoms with E-state index in [0.29, 0.717) is 23.5 Å². The number of aromatic nitrogens is 1. The Labute approximate surface area is 144 Å². The van der Waals surface area contributed by atoms with Crippen molar-refractivity contribution in [3.05, 3.63) is 53.9 Å². The summed E-state index contributed by atoms with van der Waals surface area (Å²) in [6.45, 7) is 2.71. The lowest BCUT2D eigenvalue weighted by Gasteiger charge is -2.17. The van der Waals surface area contributed by atoms with Crippen LogP contribution in [0.3, 0.4) is 0 Å². The van der Waals surface area contributed by atoms with E-state index in [1.807, 2.05) is 0 Å². The number of carbonyl (C=O) groups is 1. The van der Waals surface area contributed by atoms with Crippen LogP contribution in [0, 0.1) is 0 Å². The molecule has 0 radical (unpaired) electrons. The Hall–Kier alpha value is -2.57. The molecule has 1 heterocycles. The highest BCUT2D eigenvalue weighted by Gasteiger charge is 2.29. The number of nitrogens with zero attached hydrogens (tertiary/aromatic N) is 2. The molecule has 0 saturated carbocycles. The first-order valence-electron chi connectivity index (χ1n) is 7.96. The van der Waals surface area contributed by atoms with E-state index < -0.39 is 11.7 Å². The normalized spacial score (nSPS) is 11.2. The molecule has 0 bridgehead atoms. The molecule has 25 heavy (non-hydrogen) atoms. The van der Waals surface area contributed by atoms with E-state index >= 15 is 0 Å². The molecule has 0 aliphatic rings. The summed E-state index contributed by atoms with van der Waals surface area (Å²) in [6, 6.07) is 6.32. The Morgan fingerprint density at radius 1 is 1.16 bits per heavy atom. The van der Waals surface area contributed by atoms with Gasteiger partial charge in [-0.25, -0.2) is 0 Å². The van der Waals surface area contributed by atoms with Crippen LogP contribution in [0.5, 0.6) is 0 Å². The SMILES string of the molecule is CCCCN(C)C(=O)c1cncc(Nc2ccc(C(F)(F)F)cc2)c1. The zero-order valence-electron chi connectivity index (χ0n) is 14.1. The fourth-order valence-corrected chi connectivity index (χ4v) is 2.25. The fourth-order valence-electron chi connectivity index (χ4n) is 2.25. The minimum atomic E-state index is -4.37. The van der Waals surface area contributed by atoms with Gasteiger partial charge in [0.25, 0.3) is 5.91 Å². The maximum Gasteiger partial charge on any atom is 0.416 e. The molecule has 7 heteroatoms. The van der Waals surface area contributed by atoms with E-state index in [-0.39, 0.29) is 5.91 Å². The fraction of sp³-hybridized carbons (Fsp3) is 0.333. The molecule has 1 aromatic heterocycles. The monoisotopic (exact) mass is 351 g/mol. The van der Waals surface area contributed by atoms with Crippen molar-refractivity contribution in [1.29, 1.82) is 0 Å². The summed E-state index contributed by atoms with van der Waals surface area (Å²) < 4.78 is 37.7. The second-order valence-corrected chi connectivity index (χ2v) is 5.74. The Morgan fingerprint density at radius 2 is 1.84 bits per heavy atom. The molecule has 0 atom stereocenters. The summed E-state index contributed by atoms with van der Waals surface area (Å²) >= 11 is 0. The van der Waals surface area contributed by atoms with Crippen molar-refractivity contribution in [3.63, 3.8) is 0 Å². The maximum absolute atomic E-state index is 12.6. The largest absolute Gasteiger partial charge is 0.416 e. The van der Waals surface area contributed by atoms with Crippen molar-refractivity contribution in [1.82, 2.24) is 9.88 Å². The smallest absolute Gasteiger partial charge is 0.354 e. The van der Waals surface area contributed by atoms with Crippen molar-refractivity contribution in [3.8, 4) is 0 Å². The number of halogens is 3. The Balaban J connectivity index is 2.10. The van der Waals surface area contributed by atoms with Crippen LogP contribution in [0.2, 0.25) is 0 Å². The molecule has 0 saturated heterocycles. The van der Waals surface area contributed by atoms with Gasteiger partial charge in [-0.1, -0.05) is 13.3 Å². The second kappa shape index (κ2) is 8.00. The first-order chi connectivity index (χ1) is 11.8. The summed E-state index contributed by atoms with van der Waals surface area (Å²) in [5.41, 5.74) is 0.737. The highest BCUT2D eigenvalue weighted by atomic mass is 19.4. The van der Waals surface area contributed by atoms with Crippen LogP contribution in [0.15, 0.2) is 42.7 Å². The van der Waals surface area contributed by atoms with E-state index in [0.717, 1.165) is 25.0 Å². The lowest BCUT2D eigenvalue weighted by Crippen LogP contribution is -2.27. The Kier molecular flexibility index (Phi) is 6.01. The van der Waals surface area contributed by atoms with Gasteiger partial charge in [0.15, 0.2) is 0 Å². The van der Waals surface area contributed by atoms with Crippen LogP contribution in [0.25, 0.3) is 0 Å². The molecule has 0 unspecified atom stereocenters. The highest BCUT2D eigenvalue weighted by molar-refractivity contribution is 5.94. The number of anilines is 2. The summed E-state index contributed by atoms with van der Waals surface area (Å²) in [7, 11) is 1.73. The van der Waals surface area contributed by atoms with Crippen LogP contribution in [0.4, 0.5) is 24.5 Å². The number of benzene rings is 1. The summed E-state index contributed by atoms with van der Waals surface area (Å²) in [4.78, 5) is 18.0. The van der Waals surface area contributed by atoms with Gasteiger partial charge in [-0.2, -0.15) is 13.2 Å². The lowest BCUT2D eigenvalue weighted by atomic mass is 10.2. The molecular weight excluding hydrogens is 331 g/mol. The minimum absolute atomic E-state index is 0.142. The molecule has 0 aliphatic carbocycles. The predicted molar refractivity (Wildman–Crippen MR) is 90.8 cm³/mol. The number of carbonyl (C=O) groups excluding carboxylic acids is 1. The number of alkyl halides is 3. The predicted octanol–water partition coefficient (Wildman–Crippen LogP) is 4.72. The summed E-state index contributed by atoms with van der Waals surface area (Å²) in [5.74, 6) is -0.142. The van der Waals surface area contributed by atoms with Gasteiger partial charge in [0.1, 0.15) is 0 Å². The molecule has 0 spiro atoms. The van der Waals surface area contributed by atoms with Crippen LogP contribution < -0.4 is 5.32 Å². The number of rotatable bonds is 6. The topological polar surface area (TPSA) is 45.2 Å². The molecule has 1 N–H and O–H groups in total. The van der Waals surface area contributed by atoms with E-state index in [1.54, 1.807) is 18.0 Å². The standard InChI is InChI=1S/C18H20F3N3O/c1-3-4-9-24(2)17(25)13-10-16(12-22-11-13)23-15-7-5-14(6-8-15)18(19,20)21/h5-8,10-12,23H,3-4,9H2,1-2H3. The maximum atomic E-state index is 12.6. The zero-order chi connectivity index (χ0) is 18.4. The molecule has 2 aromatic rings. The van der Waals surface area contributed by atoms with Crippen molar-refractivity contribution >= 4 is 17.3 Å². The van der Waals surface area contributed by atoms with E-state index in [4.69, 9.17) is 0 Å². The van der Waals surface area contributed by atoms with Gasteiger partial charge in [0.2, 0.25) is 0 Å². The quantitative estimate of drug-likeness (QED) is 0.819. The highest BCUT2D eigenvalue weighted by Crippen LogP contribution is 2.30. The third-order valence-corrected chi connectivity index (χ3v) is 3.68. The van der Waals surface area contributed by atoms with Crippen LogP contribution in [-0.4, -0.2) is 29.4 Å². The number of amides is 1. The molecule has 2 rings (SSSR count). The van der Waals surface area contributed by atoms with E-state index in [1.165, 1.54) is 24.5 Å². The Bertz CT molecular complexity index is 714. The van der Waals surface area contributed by atoms with Gasteiger partial charge in [-0.05, 0) is 36.8 Å². The van der Waals surface area contributed by atoms with Gasteiger partial charge in [-0.15, -0.1) is 0 Å². The zero-order valence-corrected chi connectivity index (χ0v) is 14.1. The third-order valence-electron chi connectivity index (χ3n) is 3.68. The van der Waals surface area contributed by atoms with Crippen molar-refractivity contribution in [2.45, 2.75) is 25.9 Å². The van der Waals surface area contributed by atoms with Gasteiger partial charge in [-0.3, -0.25) is 9.78 Å². The van der Waals surface area contributed by atoms with Crippen LogP contribution in [-0.2, 0) is 6.18 Å². The summed E-state index contributed by atoms with van der Waals surface area (Å²) in [5, 5.41) is 2.96. The molecule has 1 aromatic carbocycles. The summed E-state index contributed by atoms with van der Waals surface area (Å²) in [6.07, 6.45) is 0.531. The van der Waals surface area contributed by atoms with Gasteiger partial charge >= 0.3 is 6.18 Å². The lowest BCUT2D eigenvalue weighted by molar-refractivity contribution is -0.137. The first kappa shape index (κ1) is 18.8. The Morgan fingerprint density at radius 3 is 2.44 bits per heavy atom. The molecule has 134 valence electrons. The number of nitrogens with one attached hydrogen (secondary N) is 1. The second-order valence-electron chi connectivity index (χ2n) is 5.74.